The molecule has 0 radical (unpaired) electrons. The van der Waals surface area contributed by atoms with Crippen molar-refractivity contribution in [1.29, 1.82) is 0 Å². The van der Waals surface area contributed by atoms with Crippen molar-refractivity contribution in [3.63, 3.8) is 0 Å². The molecule has 0 aliphatic heterocycles. The summed E-state index contributed by atoms with van der Waals surface area (Å²) < 4.78 is 0. The summed E-state index contributed by atoms with van der Waals surface area (Å²) >= 11 is 0. The molecule has 7 heteroatoms. The van der Waals surface area contributed by atoms with Crippen molar-refractivity contribution in [3.8, 4) is 0 Å². The van der Waals surface area contributed by atoms with E-state index in [0.717, 1.165) is 0 Å². The SMILES string of the molecule is CN[C@@H](CCC(=O)N=O)C(=O)ON. The second-order valence-electron chi connectivity index (χ2n) is 2.30. The molecule has 0 aromatic carbocycles. The number of hydrogen-bond acceptors (Lipinski definition) is 6. The third-order valence-corrected chi connectivity index (χ3v) is 1.50. The van der Waals surface area contributed by atoms with Crippen LogP contribution in [0.25, 0.3) is 0 Å². The minimum Gasteiger partial charge on any atom is -0.372 e. The minimum atomic E-state index is -0.801. The lowest BCUT2D eigenvalue weighted by molar-refractivity contribution is -0.146. The van der Waals surface area contributed by atoms with Crippen LogP contribution < -0.4 is 11.2 Å². The molecule has 13 heavy (non-hydrogen) atoms. The average molecular weight is 189 g/mol. The number of nitrogens with one attached hydrogen (secondary N) is 1. The van der Waals surface area contributed by atoms with Crippen LogP contribution in [0.4, 0.5) is 0 Å². The first kappa shape index (κ1) is 11.7. The summed E-state index contributed by atoms with van der Waals surface area (Å²) in [6, 6.07) is -0.685. The fraction of sp³-hybridized carbons (Fsp3) is 0.667. The summed E-state index contributed by atoms with van der Waals surface area (Å²) in [5.41, 5.74) is 0. The molecule has 0 aliphatic rings. The number of carbonyl (C=O) groups is 2. The van der Waals surface area contributed by atoms with E-state index in [1.54, 1.807) is 0 Å². The number of rotatable bonds is 5. The minimum absolute atomic E-state index is 0.107. The molecule has 0 fully saturated rings. The maximum Gasteiger partial charge on any atom is 0.341 e. The number of carbonyl (C=O) groups excluding carboxylic acids is 2. The fourth-order valence-corrected chi connectivity index (χ4v) is 0.776. The number of likely N-dealkylation sites (N-methyl/N-ethyl adjacent to an activating group) is 1. The van der Waals surface area contributed by atoms with Crippen LogP contribution in [0.5, 0.6) is 0 Å². The first-order valence-corrected chi connectivity index (χ1v) is 3.59. The van der Waals surface area contributed by atoms with E-state index in [4.69, 9.17) is 0 Å². The first-order valence-electron chi connectivity index (χ1n) is 3.59. The van der Waals surface area contributed by atoms with Crippen molar-refractivity contribution in [2.45, 2.75) is 18.9 Å². The van der Waals surface area contributed by atoms with Crippen LogP contribution in [0.2, 0.25) is 0 Å². The van der Waals surface area contributed by atoms with Gasteiger partial charge in [-0.05, 0) is 13.5 Å². The molecule has 3 N–H and O–H groups in total. The van der Waals surface area contributed by atoms with E-state index in [9.17, 15) is 14.5 Å². The highest BCUT2D eigenvalue weighted by atomic mass is 16.7. The first-order chi connectivity index (χ1) is 6.15. The van der Waals surface area contributed by atoms with Gasteiger partial charge in [0.15, 0.2) is 0 Å². The maximum atomic E-state index is 10.8. The van der Waals surface area contributed by atoms with Crippen LogP contribution in [-0.4, -0.2) is 25.0 Å². The molecule has 0 aliphatic carbocycles. The van der Waals surface area contributed by atoms with Gasteiger partial charge in [0.05, 0.1) is 0 Å². The monoisotopic (exact) mass is 189 g/mol. The molecule has 7 nitrogen and oxygen atoms in total. The second-order valence-corrected chi connectivity index (χ2v) is 2.30. The molecule has 0 saturated heterocycles. The van der Waals surface area contributed by atoms with E-state index in [2.05, 4.69) is 21.2 Å². The Hall–Kier alpha value is -1.34. The van der Waals surface area contributed by atoms with Gasteiger partial charge in [-0.25, -0.2) is 4.79 Å². The molecular formula is C6H11N3O4. The molecular weight excluding hydrogens is 178 g/mol. The third-order valence-electron chi connectivity index (χ3n) is 1.50. The van der Waals surface area contributed by atoms with Crippen LogP contribution in [0.3, 0.4) is 0 Å². The van der Waals surface area contributed by atoms with Gasteiger partial charge in [-0.2, -0.15) is 5.90 Å². The lowest BCUT2D eigenvalue weighted by atomic mass is 10.1. The van der Waals surface area contributed by atoms with Gasteiger partial charge in [0.1, 0.15) is 6.04 Å². The summed E-state index contributed by atoms with van der Waals surface area (Å²) in [5, 5.41) is 4.76. The van der Waals surface area contributed by atoms with Crippen molar-refractivity contribution in [2.24, 2.45) is 11.1 Å². The fourth-order valence-electron chi connectivity index (χ4n) is 0.776. The van der Waals surface area contributed by atoms with Crippen molar-refractivity contribution < 1.29 is 14.4 Å². The Bertz CT molecular complexity index is 206. The van der Waals surface area contributed by atoms with E-state index in [-0.39, 0.29) is 12.8 Å². The Balaban J connectivity index is 3.91. The lowest BCUT2D eigenvalue weighted by Crippen LogP contribution is -2.37. The Morgan fingerprint density at radius 1 is 1.62 bits per heavy atom. The number of amides is 1. The van der Waals surface area contributed by atoms with Gasteiger partial charge in [0.2, 0.25) is 0 Å². The quantitative estimate of drug-likeness (QED) is 0.426. The number of nitroso groups, excluding NO2 is 1. The zero-order valence-electron chi connectivity index (χ0n) is 7.15. The van der Waals surface area contributed by atoms with E-state index < -0.39 is 17.9 Å². The summed E-state index contributed by atoms with van der Waals surface area (Å²) in [6.07, 6.45) is 0.0290. The van der Waals surface area contributed by atoms with E-state index >= 15 is 0 Å². The van der Waals surface area contributed by atoms with Gasteiger partial charge in [0, 0.05) is 11.6 Å². The predicted molar refractivity (Wildman–Crippen MR) is 43.2 cm³/mol. The van der Waals surface area contributed by atoms with Crippen molar-refractivity contribution in [1.82, 2.24) is 5.32 Å². The molecule has 0 saturated carbocycles. The Kier molecular flexibility index (Phi) is 5.57. The molecule has 0 rings (SSSR count). The van der Waals surface area contributed by atoms with Gasteiger partial charge >= 0.3 is 5.97 Å². The number of nitrogens with zero attached hydrogens (tertiary/aromatic N) is 1. The average Bonchev–Trinajstić information content (AvgIpc) is 2.17. The van der Waals surface area contributed by atoms with Gasteiger partial charge in [0.25, 0.3) is 5.91 Å². The number of nitrogens with two attached hydrogens (primary N) is 1. The smallest absolute Gasteiger partial charge is 0.341 e. The zero-order valence-corrected chi connectivity index (χ0v) is 7.15. The Labute approximate surface area is 74.5 Å². The molecule has 1 atom stereocenters. The van der Waals surface area contributed by atoms with Crippen LogP contribution in [-0.2, 0) is 14.4 Å². The highest BCUT2D eigenvalue weighted by molar-refractivity contribution is 5.79. The Morgan fingerprint density at radius 3 is 2.62 bits per heavy atom. The normalized spacial score (nSPS) is 11.8. The van der Waals surface area contributed by atoms with Gasteiger partial charge < -0.3 is 10.2 Å². The summed E-state index contributed by atoms with van der Waals surface area (Å²) in [6.45, 7) is 0. The molecule has 0 aromatic heterocycles. The van der Waals surface area contributed by atoms with Gasteiger partial charge in [-0.3, -0.25) is 4.79 Å². The highest BCUT2D eigenvalue weighted by Crippen LogP contribution is 1.99. The molecule has 1 amide bonds. The van der Waals surface area contributed by atoms with Gasteiger partial charge in [-0.1, -0.05) is 0 Å². The summed E-state index contributed by atoms with van der Waals surface area (Å²) in [7, 11) is 1.51. The van der Waals surface area contributed by atoms with Crippen LogP contribution >= 0.6 is 0 Å². The maximum absolute atomic E-state index is 10.8. The summed E-state index contributed by atoms with van der Waals surface area (Å²) in [4.78, 5) is 34.9. The van der Waals surface area contributed by atoms with Crippen molar-refractivity contribution in [2.75, 3.05) is 7.05 Å². The van der Waals surface area contributed by atoms with E-state index in [0.29, 0.717) is 0 Å². The summed E-state index contributed by atoms with van der Waals surface area (Å²) in [5.74, 6) is 3.15. The van der Waals surface area contributed by atoms with E-state index in [1.807, 2.05) is 0 Å². The van der Waals surface area contributed by atoms with E-state index in [1.165, 1.54) is 7.05 Å². The van der Waals surface area contributed by atoms with Crippen molar-refractivity contribution in [3.05, 3.63) is 4.91 Å². The molecule has 74 valence electrons. The lowest BCUT2D eigenvalue weighted by Gasteiger charge is -2.10. The zero-order chi connectivity index (χ0) is 10.3. The highest BCUT2D eigenvalue weighted by Gasteiger charge is 2.18. The molecule has 0 unspecified atom stereocenters. The molecule has 0 spiro atoms. The second kappa shape index (κ2) is 6.21. The standard InChI is InChI=1S/C6H11N3O4/c1-8-4(6(11)13-7)2-3-5(10)9-12/h4,8H,2-3,7H2,1H3/t4-/m0/s1. The predicted octanol–water partition coefficient (Wildman–Crippen LogP) is -0.935. The molecule has 0 aromatic rings. The van der Waals surface area contributed by atoms with Crippen LogP contribution in [0, 0.1) is 4.91 Å². The van der Waals surface area contributed by atoms with Gasteiger partial charge in [-0.15, -0.1) is 4.91 Å². The molecule has 0 heterocycles. The Morgan fingerprint density at radius 2 is 2.23 bits per heavy atom. The van der Waals surface area contributed by atoms with Crippen LogP contribution in [0.1, 0.15) is 12.8 Å². The largest absolute Gasteiger partial charge is 0.372 e. The topological polar surface area (TPSA) is 111 Å². The molecule has 0 bridgehead atoms. The third kappa shape index (κ3) is 4.28. The number of hydrogen-bond donors (Lipinski definition) is 2. The van der Waals surface area contributed by atoms with Crippen molar-refractivity contribution >= 4 is 11.9 Å². The van der Waals surface area contributed by atoms with Crippen LogP contribution in [0.15, 0.2) is 5.18 Å².